The number of hydrogen-bond donors (Lipinski definition) is 1. The molecule has 2 aliphatic heterocycles. The minimum atomic E-state index is -0.989. The number of ether oxygens (including phenoxy) is 1. The average Bonchev–Trinajstić information content (AvgIpc) is 3.44. The Labute approximate surface area is 241 Å². The van der Waals surface area contributed by atoms with E-state index in [4.69, 9.17) is 21.3 Å². The third-order valence-electron chi connectivity index (χ3n) is 7.65. The molecule has 0 saturated carbocycles. The first-order chi connectivity index (χ1) is 19.2. The zero-order chi connectivity index (χ0) is 28.4. The normalized spacial score (nSPS) is 16.5. The standard InChI is InChI=1S/C29H31ClN4O5S/c1-33-25(35)6-3-18-12-20(15-31-27(18)33)22-5-4-21(30)14-23(22)24-16-40-29(32-24)34(2)28(38)19(13-26(36)37)11-17-7-9-39-10-8-17/h4-5,12,14-17,19H,3,6-11,13H2,1-2H3,(H,36,37)/t19-/m1/s1. The number of aryl methyl sites for hydroxylation is 1. The summed E-state index contributed by atoms with van der Waals surface area (Å²) in [6, 6.07) is 7.62. The van der Waals surface area contributed by atoms with Gasteiger partial charge in [0.2, 0.25) is 11.8 Å². The van der Waals surface area contributed by atoms with Crippen molar-refractivity contribution in [2.75, 3.05) is 37.1 Å². The number of aliphatic carboxylic acids is 1. The van der Waals surface area contributed by atoms with Gasteiger partial charge in [-0.2, -0.15) is 0 Å². The van der Waals surface area contributed by atoms with Crippen LogP contribution >= 0.6 is 22.9 Å². The summed E-state index contributed by atoms with van der Waals surface area (Å²) in [7, 11) is 3.38. The lowest BCUT2D eigenvalue weighted by Gasteiger charge is -2.27. The van der Waals surface area contributed by atoms with Gasteiger partial charge in [-0.3, -0.25) is 24.2 Å². The summed E-state index contributed by atoms with van der Waals surface area (Å²) >= 11 is 7.71. The first-order valence-electron chi connectivity index (χ1n) is 13.3. The highest BCUT2D eigenvalue weighted by Crippen LogP contribution is 2.38. The Morgan fingerprint density at radius 3 is 2.75 bits per heavy atom. The van der Waals surface area contributed by atoms with Crippen LogP contribution in [0, 0.1) is 11.8 Å². The Morgan fingerprint density at radius 2 is 2.00 bits per heavy atom. The molecule has 0 aliphatic carbocycles. The minimum absolute atomic E-state index is 0.0481. The molecular weight excluding hydrogens is 552 g/mol. The van der Waals surface area contributed by atoms with Crippen LogP contribution in [0.2, 0.25) is 5.02 Å². The molecule has 40 heavy (non-hydrogen) atoms. The van der Waals surface area contributed by atoms with Gasteiger partial charge in [-0.05, 0) is 60.9 Å². The number of pyridine rings is 1. The van der Waals surface area contributed by atoms with E-state index in [9.17, 15) is 19.5 Å². The number of carbonyl (C=O) groups is 3. The van der Waals surface area contributed by atoms with E-state index >= 15 is 0 Å². The summed E-state index contributed by atoms with van der Waals surface area (Å²) < 4.78 is 5.42. The molecule has 3 aromatic rings. The predicted octanol–water partition coefficient (Wildman–Crippen LogP) is 5.30. The number of anilines is 2. The summed E-state index contributed by atoms with van der Waals surface area (Å²) in [4.78, 5) is 49.6. The average molecular weight is 583 g/mol. The van der Waals surface area contributed by atoms with Crippen LogP contribution in [0.4, 0.5) is 10.9 Å². The highest BCUT2D eigenvalue weighted by atomic mass is 35.5. The lowest BCUT2D eigenvalue weighted by atomic mass is 9.86. The Hall–Kier alpha value is -3.34. The van der Waals surface area contributed by atoms with E-state index in [2.05, 4.69) is 4.98 Å². The van der Waals surface area contributed by atoms with Crippen molar-refractivity contribution in [2.24, 2.45) is 11.8 Å². The molecule has 2 aromatic heterocycles. The van der Waals surface area contributed by atoms with Gasteiger partial charge in [-0.15, -0.1) is 11.3 Å². The quantitative estimate of drug-likeness (QED) is 0.383. The molecule has 0 unspecified atom stereocenters. The van der Waals surface area contributed by atoms with Crippen LogP contribution < -0.4 is 9.80 Å². The minimum Gasteiger partial charge on any atom is -0.481 e. The summed E-state index contributed by atoms with van der Waals surface area (Å²) in [6.45, 7) is 1.28. The van der Waals surface area contributed by atoms with Crippen molar-refractivity contribution in [2.45, 2.75) is 38.5 Å². The van der Waals surface area contributed by atoms with Crippen LogP contribution in [0.25, 0.3) is 22.4 Å². The van der Waals surface area contributed by atoms with Crippen LogP contribution in [-0.4, -0.2) is 60.2 Å². The maximum absolute atomic E-state index is 13.5. The lowest BCUT2D eigenvalue weighted by molar-refractivity contribution is -0.141. The van der Waals surface area contributed by atoms with E-state index in [1.807, 2.05) is 29.6 Å². The summed E-state index contributed by atoms with van der Waals surface area (Å²) in [5.74, 6) is -0.893. The van der Waals surface area contributed by atoms with Crippen molar-refractivity contribution in [1.29, 1.82) is 0 Å². The van der Waals surface area contributed by atoms with E-state index in [1.165, 1.54) is 16.2 Å². The van der Waals surface area contributed by atoms with Gasteiger partial charge in [0.1, 0.15) is 5.82 Å². The number of carboxylic acids is 1. The topological polar surface area (TPSA) is 113 Å². The van der Waals surface area contributed by atoms with Crippen LogP contribution in [0.15, 0.2) is 35.8 Å². The fourth-order valence-electron chi connectivity index (χ4n) is 5.42. The van der Waals surface area contributed by atoms with Crippen LogP contribution in [0.3, 0.4) is 0 Å². The molecule has 2 amide bonds. The molecular formula is C29H31ClN4O5S. The second-order valence-corrected chi connectivity index (χ2v) is 11.6. The zero-order valence-electron chi connectivity index (χ0n) is 22.4. The third-order valence-corrected chi connectivity index (χ3v) is 8.80. The van der Waals surface area contributed by atoms with Gasteiger partial charge in [0.15, 0.2) is 5.13 Å². The van der Waals surface area contributed by atoms with E-state index in [1.54, 1.807) is 25.2 Å². The number of thiazole rings is 1. The van der Waals surface area contributed by atoms with Gasteiger partial charge < -0.3 is 9.84 Å². The Morgan fingerprint density at radius 1 is 1.23 bits per heavy atom. The Balaban J connectivity index is 1.41. The molecule has 1 N–H and O–H groups in total. The number of fused-ring (bicyclic) bond motifs is 1. The Kier molecular flexibility index (Phi) is 8.48. The molecule has 0 bridgehead atoms. The van der Waals surface area contributed by atoms with E-state index in [0.717, 1.165) is 35.1 Å². The molecule has 9 nitrogen and oxygen atoms in total. The molecule has 210 valence electrons. The number of aromatic nitrogens is 2. The predicted molar refractivity (Wildman–Crippen MR) is 155 cm³/mol. The fraction of sp³-hybridized carbons (Fsp3) is 0.414. The van der Waals surface area contributed by atoms with Crippen LogP contribution in [-0.2, 0) is 25.5 Å². The van der Waals surface area contributed by atoms with Crippen molar-refractivity contribution in [3.8, 4) is 22.4 Å². The number of hydrogen-bond acceptors (Lipinski definition) is 7. The molecule has 4 heterocycles. The first-order valence-corrected chi connectivity index (χ1v) is 14.6. The first kappa shape index (κ1) is 28.2. The van der Waals surface area contributed by atoms with E-state index in [-0.39, 0.29) is 24.2 Å². The maximum Gasteiger partial charge on any atom is 0.304 e. The van der Waals surface area contributed by atoms with Crippen molar-refractivity contribution in [1.82, 2.24) is 9.97 Å². The molecule has 1 fully saturated rings. The number of amides is 2. The Bertz CT molecular complexity index is 1440. The van der Waals surface area contributed by atoms with Gasteiger partial charge >= 0.3 is 5.97 Å². The third kappa shape index (κ3) is 6.04. The highest BCUT2D eigenvalue weighted by Gasteiger charge is 2.30. The molecule has 1 aromatic carbocycles. The number of carboxylic acid groups (broad SMARTS) is 1. The van der Waals surface area contributed by atoms with Crippen molar-refractivity contribution in [3.63, 3.8) is 0 Å². The summed E-state index contributed by atoms with van der Waals surface area (Å²) in [5, 5.41) is 12.4. The maximum atomic E-state index is 13.5. The van der Waals surface area contributed by atoms with Crippen molar-refractivity contribution in [3.05, 3.63) is 46.4 Å². The van der Waals surface area contributed by atoms with Gasteiger partial charge in [0, 0.05) is 67.4 Å². The van der Waals surface area contributed by atoms with Crippen molar-refractivity contribution >= 4 is 51.7 Å². The lowest BCUT2D eigenvalue weighted by Crippen LogP contribution is -2.35. The molecule has 0 radical (unpaired) electrons. The van der Waals surface area contributed by atoms with Gasteiger partial charge in [0.25, 0.3) is 0 Å². The summed E-state index contributed by atoms with van der Waals surface area (Å²) in [5.41, 5.74) is 4.21. The van der Waals surface area contributed by atoms with E-state index in [0.29, 0.717) is 54.1 Å². The molecule has 1 saturated heterocycles. The number of rotatable bonds is 8. The second kappa shape index (κ2) is 12.0. The fourth-order valence-corrected chi connectivity index (χ4v) is 6.39. The van der Waals surface area contributed by atoms with Gasteiger partial charge in [-0.1, -0.05) is 17.7 Å². The number of nitrogens with zero attached hydrogens (tertiary/aromatic N) is 4. The molecule has 5 rings (SSSR count). The number of benzene rings is 1. The summed E-state index contributed by atoms with van der Waals surface area (Å²) in [6.07, 6.45) is 4.77. The molecule has 2 aliphatic rings. The molecule has 1 atom stereocenters. The van der Waals surface area contributed by atoms with Crippen molar-refractivity contribution < 1.29 is 24.2 Å². The molecule has 11 heteroatoms. The monoisotopic (exact) mass is 582 g/mol. The second-order valence-electron chi connectivity index (χ2n) is 10.3. The highest BCUT2D eigenvalue weighted by molar-refractivity contribution is 7.14. The SMILES string of the molecule is CN(C(=O)[C@@H](CC(=O)O)CC1CCOCC1)c1nc(-c2cc(Cl)ccc2-c2cnc3c(c2)CCC(=O)N3C)cs1. The van der Waals surface area contributed by atoms with Crippen LogP contribution in [0.1, 0.15) is 37.7 Å². The van der Waals surface area contributed by atoms with Gasteiger partial charge in [0.05, 0.1) is 12.1 Å². The largest absolute Gasteiger partial charge is 0.481 e. The smallest absolute Gasteiger partial charge is 0.304 e. The van der Waals surface area contributed by atoms with Gasteiger partial charge in [-0.25, -0.2) is 9.97 Å². The van der Waals surface area contributed by atoms with E-state index < -0.39 is 11.9 Å². The molecule has 0 spiro atoms. The zero-order valence-corrected chi connectivity index (χ0v) is 24.0. The number of carbonyl (C=O) groups excluding carboxylic acids is 2. The van der Waals surface area contributed by atoms with Crippen LogP contribution in [0.5, 0.6) is 0 Å². The number of halogens is 1.